The minimum Gasteiger partial charge on any atom is -0.488 e. The van der Waals surface area contributed by atoms with Crippen LogP contribution in [0, 0.1) is 0 Å². The Hall–Kier alpha value is -2.24. The SMILES string of the molecule is C=C(C)COc1ccc(/C=C(/N=[N+]=[N-])C(=O)OCC)cc1Br. The first kappa shape index (κ1) is 17.8. The Labute approximate surface area is 137 Å². The molecule has 0 unspecified atom stereocenters. The average molecular weight is 366 g/mol. The monoisotopic (exact) mass is 365 g/mol. The number of ether oxygens (including phenoxy) is 2. The Balaban J connectivity index is 3.02. The lowest BCUT2D eigenvalue weighted by molar-refractivity contribution is -0.138. The van der Waals surface area contributed by atoms with E-state index >= 15 is 0 Å². The summed E-state index contributed by atoms with van der Waals surface area (Å²) < 4.78 is 11.1. The summed E-state index contributed by atoms with van der Waals surface area (Å²) in [7, 11) is 0. The van der Waals surface area contributed by atoms with Crippen molar-refractivity contribution in [1.82, 2.24) is 0 Å². The molecule has 0 spiro atoms. The van der Waals surface area contributed by atoms with Crippen LogP contribution in [0.4, 0.5) is 0 Å². The molecule has 0 saturated heterocycles. The molecule has 0 amide bonds. The molecule has 0 aromatic heterocycles. The van der Waals surface area contributed by atoms with Crippen LogP contribution in [0.1, 0.15) is 19.4 Å². The molecule has 22 heavy (non-hydrogen) atoms. The Kier molecular flexibility index (Phi) is 7.22. The molecule has 0 heterocycles. The standard InChI is InChI=1S/C15H16BrN3O3/c1-4-21-15(20)13(18-19-17)8-11-5-6-14(12(16)7-11)22-9-10(2)3/h5-8H,2,4,9H2,1,3H3/b13-8+. The van der Waals surface area contributed by atoms with E-state index in [1.807, 2.05) is 6.92 Å². The Morgan fingerprint density at radius 1 is 1.55 bits per heavy atom. The van der Waals surface area contributed by atoms with E-state index < -0.39 is 5.97 Å². The van der Waals surface area contributed by atoms with E-state index in [1.54, 1.807) is 25.1 Å². The summed E-state index contributed by atoms with van der Waals surface area (Å²) in [6.45, 7) is 7.93. The van der Waals surface area contributed by atoms with Gasteiger partial charge in [0.2, 0.25) is 0 Å². The van der Waals surface area contributed by atoms with E-state index in [1.165, 1.54) is 6.08 Å². The van der Waals surface area contributed by atoms with Crippen molar-refractivity contribution in [3.63, 3.8) is 0 Å². The molecule has 0 saturated carbocycles. The normalized spacial score (nSPS) is 10.6. The van der Waals surface area contributed by atoms with Gasteiger partial charge < -0.3 is 9.47 Å². The number of azide groups is 1. The number of esters is 1. The zero-order valence-electron chi connectivity index (χ0n) is 12.4. The zero-order valence-corrected chi connectivity index (χ0v) is 14.0. The molecule has 1 rings (SSSR count). The molecule has 0 radical (unpaired) electrons. The smallest absolute Gasteiger partial charge is 0.340 e. The fourth-order valence-electron chi connectivity index (χ4n) is 1.46. The third kappa shape index (κ3) is 5.63. The fraction of sp³-hybridized carbons (Fsp3) is 0.267. The van der Waals surface area contributed by atoms with Crippen LogP contribution >= 0.6 is 15.9 Å². The molecule has 0 N–H and O–H groups in total. The summed E-state index contributed by atoms with van der Waals surface area (Å²) in [6.07, 6.45) is 1.45. The molecule has 0 aliphatic heterocycles. The average Bonchev–Trinajstić information content (AvgIpc) is 2.46. The largest absolute Gasteiger partial charge is 0.488 e. The van der Waals surface area contributed by atoms with Crippen LogP contribution < -0.4 is 4.74 Å². The van der Waals surface area contributed by atoms with Crippen molar-refractivity contribution in [3.05, 3.63) is 56.5 Å². The fourth-order valence-corrected chi connectivity index (χ4v) is 1.98. The molecule has 116 valence electrons. The molecule has 1 aromatic rings. The van der Waals surface area contributed by atoms with Gasteiger partial charge in [-0.1, -0.05) is 17.8 Å². The van der Waals surface area contributed by atoms with Crippen molar-refractivity contribution in [3.8, 4) is 5.75 Å². The van der Waals surface area contributed by atoms with Gasteiger partial charge in [0.05, 0.1) is 11.1 Å². The second-order valence-electron chi connectivity index (χ2n) is 4.38. The summed E-state index contributed by atoms with van der Waals surface area (Å²) in [5.41, 5.74) is 10.00. The second kappa shape index (κ2) is 8.92. The second-order valence-corrected chi connectivity index (χ2v) is 5.23. The van der Waals surface area contributed by atoms with E-state index in [9.17, 15) is 4.79 Å². The highest BCUT2D eigenvalue weighted by Crippen LogP contribution is 2.27. The Morgan fingerprint density at radius 2 is 2.27 bits per heavy atom. The van der Waals surface area contributed by atoms with Crippen LogP contribution in [0.15, 0.2) is 45.6 Å². The van der Waals surface area contributed by atoms with Gasteiger partial charge in [0.15, 0.2) is 0 Å². The highest BCUT2D eigenvalue weighted by molar-refractivity contribution is 9.10. The molecule has 0 bridgehead atoms. The molecular weight excluding hydrogens is 350 g/mol. The summed E-state index contributed by atoms with van der Waals surface area (Å²) in [5, 5.41) is 3.36. The first-order chi connectivity index (χ1) is 10.5. The molecule has 0 atom stereocenters. The maximum Gasteiger partial charge on any atom is 0.340 e. The van der Waals surface area contributed by atoms with Gasteiger partial charge in [-0.2, -0.15) is 0 Å². The van der Waals surface area contributed by atoms with Crippen molar-refractivity contribution in [1.29, 1.82) is 0 Å². The summed E-state index contributed by atoms with van der Waals surface area (Å²) in [6, 6.07) is 5.24. The number of carbonyl (C=O) groups excluding carboxylic acids is 1. The van der Waals surface area contributed by atoms with Gasteiger partial charge in [-0.15, -0.1) is 0 Å². The van der Waals surface area contributed by atoms with Crippen LogP contribution in [0.3, 0.4) is 0 Å². The molecule has 6 nitrogen and oxygen atoms in total. The summed E-state index contributed by atoms with van der Waals surface area (Å²) >= 11 is 3.39. The van der Waals surface area contributed by atoms with E-state index in [0.29, 0.717) is 22.4 Å². The summed E-state index contributed by atoms with van der Waals surface area (Å²) in [5.74, 6) is -0.0133. The number of benzene rings is 1. The number of rotatable bonds is 7. The number of halogens is 1. The first-order valence-corrected chi connectivity index (χ1v) is 7.27. The first-order valence-electron chi connectivity index (χ1n) is 6.48. The van der Waals surface area contributed by atoms with Gasteiger partial charge in [0, 0.05) is 4.91 Å². The predicted octanol–water partition coefficient (Wildman–Crippen LogP) is 4.62. The molecule has 0 aliphatic carbocycles. The van der Waals surface area contributed by atoms with Gasteiger partial charge in [-0.25, -0.2) is 4.79 Å². The zero-order chi connectivity index (χ0) is 16.5. The molecule has 1 aromatic carbocycles. The minimum absolute atomic E-state index is 0.105. The molecule has 7 heteroatoms. The Bertz CT molecular complexity index is 649. The Morgan fingerprint density at radius 3 is 2.82 bits per heavy atom. The van der Waals surface area contributed by atoms with E-state index in [2.05, 4.69) is 32.5 Å². The van der Waals surface area contributed by atoms with Crippen molar-refractivity contribution in [2.24, 2.45) is 5.11 Å². The maximum absolute atomic E-state index is 11.7. The number of hydrogen-bond donors (Lipinski definition) is 0. The number of hydrogen-bond acceptors (Lipinski definition) is 4. The lowest BCUT2D eigenvalue weighted by Crippen LogP contribution is -2.05. The van der Waals surface area contributed by atoms with Gasteiger partial charge in [0.1, 0.15) is 18.1 Å². The topological polar surface area (TPSA) is 84.3 Å². The van der Waals surface area contributed by atoms with Gasteiger partial charge in [-0.05, 0) is 64.7 Å². The van der Waals surface area contributed by atoms with Crippen molar-refractivity contribution in [2.75, 3.05) is 13.2 Å². The lowest BCUT2D eigenvalue weighted by Gasteiger charge is -2.08. The van der Waals surface area contributed by atoms with Crippen LogP contribution in [-0.4, -0.2) is 19.2 Å². The number of carbonyl (C=O) groups is 1. The van der Waals surface area contributed by atoms with Crippen molar-refractivity contribution in [2.45, 2.75) is 13.8 Å². The highest BCUT2D eigenvalue weighted by Gasteiger charge is 2.09. The van der Waals surface area contributed by atoms with Crippen LogP contribution in [0.5, 0.6) is 5.75 Å². The van der Waals surface area contributed by atoms with Gasteiger partial charge in [0.25, 0.3) is 0 Å². The lowest BCUT2D eigenvalue weighted by atomic mass is 10.2. The van der Waals surface area contributed by atoms with E-state index in [-0.39, 0.29) is 12.3 Å². The molecular formula is C15H16BrN3O3. The highest BCUT2D eigenvalue weighted by atomic mass is 79.9. The van der Waals surface area contributed by atoms with Crippen molar-refractivity contribution >= 4 is 28.0 Å². The third-order valence-corrected chi connectivity index (χ3v) is 2.99. The molecule has 0 fully saturated rings. The van der Waals surface area contributed by atoms with Crippen LogP contribution in [-0.2, 0) is 9.53 Å². The van der Waals surface area contributed by atoms with Crippen molar-refractivity contribution < 1.29 is 14.3 Å². The minimum atomic E-state index is -0.668. The quantitative estimate of drug-likeness (QED) is 0.176. The van der Waals surface area contributed by atoms with Gasteiger partial charge in [-0.3, -0.25) is 0 Å². The summed E-state index contributed by atoms with van der Waals surface area (Å²) in [4.78, 5) is 14.3. The van der Waals surface area contributed by atoms with Gasteiger partial charge >= 0.3 is 5.97 Å². The van der Waals surface area contributed by atoms with Crippen LogP contribution in [0.2, 0.25) is 0 Å². The third-order valence-electron chi connectivity index (χ3n) is 2.37. The van der Waals surface area contributed by atoms with Crippen LogP contribution in [0.25, 0.3) is 16.5 Å². The van der Waals surface area contributed by atoms with E-state index in [4.69, 9.17) is 15.0 Å². The maximum atomic E-state index is 11.7. The number of nitrogens with zero attached hydrogens (tertiary/aromatic N) is 3. The molecule has 0 aliphatic rings. The predicted molar refractivity (Wildman–Crippen MR) is 88.2 cm³/mol. The van der Waals surface area contributed by atoms with E-state index in [0.717, 1.165) is 5.57 Å².